The molecule has 172 valence electrons. The van der Waals surface area contributed by atoms with Crippen molar-refractivity contribution in [2.24, 2.45) is 5.10 Å². The zero-order chi connectivity index (χ0) is 24.0. The largest absolute Gasteiger partial charge is 0.506 e. The van der Waals surface area contributed by atoms with E-state index in [2.05, 4.69) is 58.3 Å². The maximum Gasteiger partial charge on any atom is 0.271 e. The van der Waals surface area contributed by atoms with E-state index in [1.54, 1.807) is 12.1 Å². The molecule has 0 spiro atoms. The first-order valence-corrected chi connectivity index (χ1v) is 12.4. The second kappa shape index (κ2) is 11.9. The van der Waals surface area contributed by atoms with Gasteiger partial charge in [-0.1, -0.05) is 23.7 Å². The van der Waals surface area contributed by atoms with Gasteiger partial charge in [0.25, 0.3) is 5.91 Å². The van der Waals surface area contributed by atoms with Gasteiger partial charge in [-0.05, 0) is 96.7 Å². The summed E-state index contributed by atoms with van der Waals surface area (Å²) in [5.74, 6) is 0.699. The lowest BCUT2D eigenvalue weighted by Crippen LogP contribution is -2.17. The Kier molecular flexibility index (Phi) is 9.19. The lowest BCUT2D eigenvalue weighted by molar-refractivity contribution is 0.0955. The smallest absolute Gasteiger partial charge is 0.271 e. The van der Waals surface area contributed by atoms with Gasteiger partial charge in [-0.25, -0.2) is 5.43 Å². The summed E-state index contributed by atoms with van der Waals surface area (Å²) in [6.45, 7) is 2.69. The zero-order valence-corrected chi connectivity index (χ0v) is 22.8. The van der Waals surface area contributed by atoms with E-state index in [1.165, 1.54) is 18.3 Å². The number of phenolic OH excluding ortho intramolecular Hbond substituents is 1. The number of benzene rings is 3. The quantitative estimate of drug-likeness (QED) is 0.200. The van der Waals surface area contributed by atoms with Gasteiger partial charge < -0.3 is 14.6 Å². The van der Waals surface area contributed by atoms with Crippen molar-refractivity contribution in [2.75, 3.05) is 6.61 Å². The van der Waals surface area contributed by atoms with Crippen molar-refractivity contribution < 1.29 is 19.4 Å². The highest BCUT2D eigenvalue weighted by Crippen LogP contribution is 2.34. The molecule has 0 unspecified atom stereocenters. The topological polar surface area (TPSA) is 80.2 Å². The maximum atomic E-state index is 12.4. The maximum absolute atomic E-state index is 12.4. The fraction of sp³-hybridized carbons (Fsp3) is 0.130. The Bertz CT molecular complexity index is 1160. The predicted molar refractivity (Wildman–Crippen MR) is 140 cm³/mol. The number of ether oxygens (including phenoxy) is 2. The molecule has 0 aliphatic rings. The highest BCUT2D eigenvalue weighted by molar-refractivity contribution is 9.11. The van der Waals surface area contributed by atoms with Gasteiger partial charge in [-0.2, -0.15) is 5.10 Å². The molecule has 0 radical (unpaired) electrons. The molecule has 0 aromatic heterocycles. The SMILES string of the molecule is CCOc1cc(/C=N\NC(=O)c2cc(Br)c(O)c(Br)c2)c(Br)cc1OCc1ccc(Cl)cc1. The molecule has 0 atom stereocenters. The summed E-state index contributed by atoms with van der Waals surface area (Å²) in [6.07, 6.45) is 1.50. The van der Waals surface area contributed by atoms with Crippen molar-refractivity contribution in [3.63, 3.8) is 0 Å². The minimum atomic E-state index is -0.434. The number of halogens is 4. The molecule has 0 saturated heterocycles. The lowest BCUT2D eigenvalue weighted by atomic mass is 10.2. The van der Waals surface area contributed by atoms with Gasteiger partial charge in [0.1, 0.15) is 12.4 Å². The molecule has 0 heterocycles. The number of nitrogens with one attached hydrogen (secondary N) is 1. The molecule has 0 bridgehead atoms. The molecule has 33 heavy (non-hydrogen) atoms. The molecular formula is C23H18Br3ClN2O4. The number of phenols is 1. The van der Waals surface area contributed by atoms with Crippen molar-refractivity contribution in [2.45, 2.75) is 13.5 Å². The van der Waals surface area contributed by atoms with Crippen molar-refractivity contribution in [3.05, 3.63) is 83.7 Å². The molecule has 0 aliphatic heterocycles. The number of aromatic hydroxyl groups is 1. The van der Waals surface area contributed by atoms with Crippen LogP contribution in [0.3, 0.4) is 0 Å². The Labute approximate surface area is 221 Å². The lowest BCUT2D eigenvalue weighted by Gasteiger charge is -2.14. The minimum absolute atomic E-state index is 0.0146. The molecule has 3 rings (SSSR count). The van der Waals surface area contributed by atoms with Crippen LogP contribution in [0.5, 0.6) is 17.2 Å². The third-order valence-electron chi connectivity index (χ3n) is 4.32. The van der Waals surface area contributed by atoms with E-state index in [1.807, 2.05) is 31.2 Å². The Balaban J connectivity index is 1.73. The van der Waals surface area contributed by atoms with E-state index >= 15 is 0 Å². The van der Waals surface area contributed by atoms with Gasteiger partial charge in [-0.15, -0.1) is 0 Å². The highest BCUT2D eigenvalue weighted by Gasteiger charge is 2.13. The number of hydrogen-bond acceptors (Lipinski definition) is 5. The van der Waals surface area contributed by atoms with E-state index < -0.39 is 5.91 Å². The van der Waals surface area contributed by atoms with Crippen LogP contribution in [0.4, 0.5) is 0 Å². The predicted octanol–water partition coefficient (Wildman–Crippen LogP) is 7.07. The first kappa shape index (κ1) is 25.6. The molecule has 6 nitrogen and oxygen atoms in total. The number of carbonyl (C=O) groups is 1. The van der Waals surface area contributed by atoms with Crippen LogP contribution in [-0.4, -0.2) is 23.8 Å². The van der Waals surface area contributed by atoms with Gasteiger partial charge >= 0.3 is 0 Å². The molecule has 0 fully saturated rings. The molecular weight excluding hydrogens is 643 g/mol. The molecule has 0 aliphatic carbocycles. The third kappa shape index (κ3) is 6.96. The Morgan fingerprint density at radius 1 is 1.03 bits per heavy atom. The van der Waals surface area contributed by atoms with Crippen molar-refractivity contribution in [1.29, 1.82) is 0 Å². The number of rotatable bonds is 8. The second-order valence-electron chi connectivity index (χ2n) is 6.66. The number of nitrogens with zero attached hydrogens (tertiary/aromatic N) is 1. The standard InChI is InChI=1S/C23H18Br3ClN2O4/c1-2-32-20-9-15(11-28-29-23(31)14-7-18(25)22(30)19(26)8-14)17(24)10-21(20)33-12-13-3-5-16(27)6-4-13/h3-11,30H,2,12H2,1H3,(H,29,31)/b28-11-. The molecule has 10 heteroatoms. The van der Waals surface area contributed by atoms with E-state index in [0.29, 0.717) is 54.3 Å². The Morgan fingerprint density at radius 2 is 1.67 bits per heavy atom. The summed E-state index contributed by atoms with van der Waals surface area (Å²) >= 11 is 15.8. The summed E-state index contributed by atoms with van der Waals surface area (Å²) in [5.41, 5.74) is 4.45. The third-order valence-corrected chi connectivity index (χ3v) is 6.47. The number of hydrogen-bond donors (Lipinski definition) is 2. The van der Waals surface area contributed by atoms with Crippen LogP contribution in [-0.2, 0) is 6.61 Å². The Hall–Kier alpha value is -2.07. The monoisotopic (exact) mass is 658 g/mol. The first-order valence-electron chi connectivity index (χ1n) is 9.63. The van der Waals surface area contributed by atoms with Gasteiger partial charge in [0.05, 0.1) is 21.8 Å². The summed E-state index contributed by atoms with van der Waals surface area (Å²) in [5, 5.41) is 14.5. The van der Waals surface area contributed by atoms with Crippen molar-refractivity contribution in [3.8, 4) is 17.2 Å². The number of carbonyl (C=O) groups excluding carboxylic acids is 1. The highest BCUT2D eigenvalue weighted by atomic mass is 79.9. The Morgan fingerprint density at radius 3 is 2.30 bits per heavy atom. The van der Waals surface area contributed by atoms with Gasteiger partial charge in [0, 0.05) is 20.6 Å². The van der Waals surface area contributed by atoms with Crippen LogP contribution < -0.4 is 14.9 Å². The van der Waals surface area contributed by atoms with Crippen LogP contribution in [0.25, 0.3) is 0 Å². The molecule has 1 amide bonds. The summed E-state index contributed by atoms with van der Waals surface area (Å²) < 4.78 is 13.2. The first-order chi connectivity index (χ1) is 15.8. The average molecular weight is 662 g/mol. The van der Waals surface area contributed by atoms with E-state index in [-0.39, 0.29) is 5.75 Å². The van der Waals surface area contributed by atoms with Gasteiger partial charge in [0.15, 0.2) is 11.5 Å². The molecule has 3 aromatic carbocycles. The van der Waals surface area contributed by atoms with Crippen molar-refractivity contribution in [1.82, 2.24) is 5.43 Å². The summed E-state index contributed by atoms with van der Waals surface area (Å²) in [7, 11) is 0. The number of hydrazone groups is 1. The number of amides is 1. The molecule has 0 saturated carbocycles. The second-order valence-corrected chi connectivity index (χ2v) is 9.66. The van der Waals surface area contributed by atoms with E-state index in [9.17, 15) is 9.90 Å². The van der Waals surface area contributed by atoms with Crippen molar-refractivity contribution >= 4 is 71.5 Å². The van der Waals surface area contributed by atoms with Crippen LogP contribution in [0.2, 0.25) is 5.02 Å². The van der Waals surface area contributed by atoms with Crippen LogP contribution >= 0.6 is 59.4 Å². The molecule has 3 aromatic rings. The normalized spacial score (nSPS) is 10.9. The fourth-order valence-electron chi connectivity index (χ4n) is 2.69. The van der Waals surface area contributed by atoms with E-state index in [0.717, 1.165) is 5.56 Å². The van der Waals surface area contributed by atoms with Crippen LogP contribution in [0.1, 0.15) is 28.4 Å². The van der Waals surface area contributed by atoms with Crippen LogP contribution in [0, 0.1) is 0 Å². The summed E-state index contributed by atoms with van der Waals surface area (Å²) in [6, 6.07) is 14.0. The average Bonchev–Trinajstić information content (AvgIpc) is 2.79. The fourth-order valence-corrected chi connectivity index (χ4v) is 4.43. The van der Waals surface area contributed by atoms with Crippen LogP contribution in [0.15, 0.2) is 67.1 Å². The van der Waals surface area contributed by atoms with Gasteiger partial charge in [0.2, 0.25) is 0 Å². The molecule has 2 N–H and O–H groups in total. The minimum Gasteiger partial charge on any atom is -0.506 e. The zero-order valence-electron chi connectivity index (χ0n) is 17.2. The summed E-state index contributed by atoms with van der Waals surface area (Å²) in [4.78, 5) is 12.4. The van der Waals surface area contributed by atoms with E-state index in [4.69, 9.17) is 21.1 Å². The van der Waals surface area contributed by atoms with Gasteiger partial charge in [-0.3, -0.25) is 4.79 Å².